The highest BCUT2D eigenvalue weighted by molar-refractivity contribution is 5.69. The van der Waals surface area contributed by atoms with Crippen molar-refractivity contribution in [2.75, 3.05) is 13.7 Å². The van der Waals surface area contributed by atoms with E-state index in [0.29, 0.717) is 12.0 Å². The average molecular weight is 327 g/mol. The van der Waals surface area contributed by atoms with E-state index in [1.54, 1.807) is 7.11 Å². The van der Waals surface area contributed by atoms with E-state index >= 15 is 0 Å². The number of carbonyl (C=O) groups is 1. The fourth-order valence-electron chi connectivity index (χ4n) is 3.97. The second-order valence-corrected chi connectivity index (χ2v) is 8.07. The number of aliphatic hydroxyl groups excluding tert-OH is 1. The SMILES string of the molecule is COC1CCC(CC2CCC(CO)N2C(=O)OC(C)(C)C)CC1. The van der Waals surface area contributed by atoms with Gasteiger partial charge in [-0.25, -0.2) is 4.79 Å². The van der Waals surface area contributed by atoms with Crippen molar-refractivity contribution in [3.05, 3.63) is 0 Å². The molecule has 0 aromatic carbocycles. The largest absolute Gasteiger partial charge is 0.444 e. The lowest BCUT2D eigenvalue weighted by Gasteiger charge is -2.35. The minimum absolute atomic E-state index is 0.0200. The Kier molecular flexibility index (Phi) is 6.32. The molecule has 0 spiro atoms. The van der Waals surface area contributed by atoms with E-state index in [4.69, 9.17) is 9.47 Å². The Labute approximate surface area is 140 Å². The second kappa shape index (κ2) is 7.84. The predicted octanol–water partition coefficient (Wildman–Crippen LogP) is 3.34. The standard InChI is InChI=1S/C18H33NO4/c1-18(2,3)23-17(21)19-14(7-8-15(19)12-20)11-13-5-9-16(22-4)10-6-13/h13-16,20H,5-12H2,1-4H3. The maximum absolute atomic E-state index is 12.6. The predicted molar refractivity (Wildman–Crippen MR) is 89.3 cm³/mol. The molecule has 1 amide bonds. The number of hydrogen-bond acceptors (Lipinski definition) is 4. The first-order valence-electron chi connectivity index (χ1n) is 8.99. The monoisotopic (exact) mass is 327 g/mol. The summed E-state index contributed by atoms with van der Waals surface area (Å²) in [7, 11) is 1.79. The molecule has 0 bridgehead atoms. The quantitative estimate of drug-likeness (QED) is 0.860. The molecule has 2 fully saturated rings. The Morgan fingerprint density at radius 3 is 2.22 bits per heavy atom. The zero-order valence-electron chi connectivity index (χ0n) is 15.1. The molecule has 0 aromatic heterocycles. The summed E-state index contributed by atoms with van der Waals surface area (Å²) >= 11 is 0. The van der Waals surface area contributed by atoms with Crippen molar-refractivity contribution in [1.82, 2.24) is 4.90 Å². The van der Waals surface area contributed by atoms with Crippen LogP contribution in [0.4, 0.5) is 4.79 Å². The van der Waals surface area contributed by atoms with E-state index in [9.17, 15) is 9.90 Å². The number of hydrogen-bond donors (Lipinski definition) is 1. The maximum atomic E-state index is 12.6. The fraction of sp³-hybridized carbons (Fsp3) is 0.944. The third-order valence-corrected chi connectivity index (χ3v) is 5.17. The van der Waals surface area contributed by atoms with Gasteiger partial charge in [0.1, 0.15) is 5.60 Å². The lowest BCUT2D eigenvalue weighted by molar-refractivity contribution is 0.00412. The molecule has 2 unspecified atom stereocenters. The molecule has 1 heterocycles. The molecule has 5 nitrogen and oxygen atoms in total. The Balaban J connectivity index is 1.95. The van der Waals surface area contributed by atoms with Crippen LogP contribution in [-0.2, 0) is 9.47 Å². The fourth-order valence-corrected chi connectivity index (χ4v) is 3.97. The Morgan fingerprint density at radius 1 is 1.09 bits per heavy atom. The Bertz CT molecular complexity index is 385. The van der Waals surface area contributed by atoms with Crippen LogP contribution in [0.5, 0.6) is 0 Å². The number of methoxy groups -OCH3 is 1. The molecule has 1 aliphatic carbocycles. The first-order chi connectivity index (χ1) is 10.8. The molecule has 1 saturated carbocycles. The summed E-state index contributed by atoms with van der Waals surface area (Å²) in [6.45, 7) is 5.67. The van der Waals surface area contributed by atoms with Gasteiger partial charge in [-0.3, -0.25) is 4.90 Å². The van der Waals surface area contributed by atoms with Crippen LogP contribution in [0.1, 0.15) is 65.7 Å². The van der Waals surface area contributed by atoms with E-state index in [0.717, 1.165) is 32.1 Å². The van der Waals surface area contributed by atoms with Gasteiger partial charge in [-0.15, -0.1) is 0 Å². The number of carbonyl (C=O) groups excluding carboxylic acids is 1. The summed E-state index contributed by atoms with van der Waals surface area (Å²) in [6, 6.07) is 0.108. The summed E-state index contributed by atoms with van der Waals surface area (Å²) in [4.78, 5) is 14.4. The molecule has 0 radical (unpaired) electrons. The summed E-state index contributed by atoms with van der Waals surface area (Å²) in [6.07, 6.45) is 7.55. The summed E-state index contributed by atoms with van der Waals surface area (Å²) in [5, 5.41) is 9.61. The normalized spacial score (nSPS) is 32.1. The van der Waals surface area contributed by atoms with Gasteiger partial charge < -0.3 is 14.6 Å². The molecule has 1 saturated heterocycles. The van der Waals surface area contributed by atoms with Gasteiger partial charge in [0, 0.05) is 13.2 Å². The van der Waals surface area contributed by atoms with E-state index in [2.05, 4.69) is 0 Å². The van der Waals surface area contributed by atoms with Crippen molar-refractivity contribution >= 4 is 6.09 Å². The number of aliphatic hydroxyl groups is 1. The molecule has 134 valence electrons. The Morgan fingerprint density at radius 2 is 1.70 bits per heavy atom. The highest BCUT2D eigenvalue weighted by Gasteiger charge is 2.40. The summed E-state index contributed by atoms with van der Waals surface area (Å²) in [5.74, 6) is 0.647. The first-order valence-corrected chi connectivity index (χ1v) is 8.99. The minimum atomic E-state index is -0.499. The molecule has 1 N–H and O–H groups in total. The Hall–Kier alpha value is -0.810. The van der Waals surface area contributed by atoms with Crippen molar-refractivity contribution in [2.24, 2.45) is 5.92 Å². The van der Waals surface area contributed by atoms with Gasteiger partial charge in [0.05, 0.1) is 18.8 Å². The van der Waals surface area contributed by atoms with E-state index in [-0.39, 0.29) is 24.8 Å². The van der Waals surface area contributed by atoms with Crippen molar-refractivity contribution in [3.63, 3.8) is 0 Å². The van der Waals surface area contributed by atoms with Crippen molar-refractivity contribution < 1.29 is 19.4 Å². The molecule has 2 atom stereocenters. The van der Waals surface area contributed by atoms with E-state index in [1.807, 2.05) is 25.7 Å². The zero-order chi connectivity index (χ0) is 17.0. The molecule has 23 heavy (non-hydrogen) atoms. The number of amides is 1. The minimum Gasteiger partial charge on any atom is -0.444 e. The first kappa shape index (κ1) is 18.5. The lowest BCUT2D eigenvalue weighted by Crippen LogP contribution is -2.46. The topological polar surface area (TPSA) is 59.0 Å². The third kappa shape index (κ3) is 5.08. The maximum Gasteiger partial charge on any atom is 0.410 e. The highest BCUT2D eigenvalue weighted by Crippen LogP contribution is 2.35. The van der Waals surface area contributed by atoms with Gasteiger partial charge in [0.15, 0.2) is 0 Å². The van der Waals surface area contributed by atoms with E-state index in [1.165, 1.54) is 12.8 Å². The van der Waals surface area contributed by atoms with Crippen LogP contribution >= 0.6 is 0 Å². The van der Waals surface area contributed by atoms with Gasteiger partial charge in [0.25, 0.3) is 0 Å². The molecule has 2 rings (SSSR count). The van der Waals surface area contributed by atoms with Crippen LogP contribution in [0, 0.1) is 5.92 Å². The zero-order valence-corrected chi connectivity index (χ0v) is 15.1. The van der Waals surface area contributed by atoms with Crippen LogP contribution in [0.15, 0.2) is 0 Å². The molecule has 0 aromatic rings. The van der Waals surface area contributed by atoms with Crippen LogP contribution < -0.4 is 0 Å². The van der Waals surface area contributed by atoms with Crippen LogP contribution in [-0.4, -0.2) is 53.6 Å². The average Bonchev–Trinajstić information content (AvgIpc) is 2.89. The smallest absolute Gasteiger partial charge is 0.410 e. The van der Waals surface area contributed by atoms with E-state index < -0.39 is 5.60 Å². The number of ether oxygens (including phenoxy) is 2. The van der Waals surface area contributed by atoms with Gasteiger partial charge in [-0.2, -0.15) is 0 Å². The third-order valence-electron chi connectivity index (χ3n) is 5.17. The molecular weight excluding hydrogens is 294 g/mol. The highest BCUT2D eigenvalue weighted by atomic mass is 16.6. The van der Waals surface area contributed by atoms with Crippen molar-refractivity contribution in [3.8, 4) is 0 Å². The van der Waals surface area contributed by atoms with Crippen molar-refractivity contribution in [1.29, 1.82) is 0 Å². The van der Waals surface area contributed by atoms with Crippen LogP contribution in [0.2, 0.25) is 0 Å². The van der Waals surface area contributed by atoms with Gasteiger partial charge >= 0.3 is 6.09 Å². The summed E-state index contributed by atoms with van der Waals surface area (Å²) < 4.78 is 11.0. The van der Waals surface area contributed by atoms with Crippen LogP contribution in [0.3, 0.4) is 0 Å². The number of rotatable bonds is 4. The molecule has 2 aliphatic rings. The number of likely N-dealkylation sites (tertiary alicyclic amines) is 1. The molecule has 5 heteroatoms. The molecule has 1 aliphatic heterocycles. The lowest BCUT2D eigenvalue weighted by atomic mass is 9.83. The van der Waals surface area contributed by atoms with Gasteiger partial charge in [0.2, 0.25) is 0 Å². The summed E-state index contributed by atoms with van der Waals surface area (Å²) in [5.41, 5.74) is -0.499. The second-order valence-electron chi connectivity index (χ2n) is 8.07. The number of nitrogens with zero attached hydrogens (tertiary/aromatic N) is 1. The van der Waals surface area contributed by atoms with Gasteiger partial charge in [-0.05, 0) is 71.6 Å². The van der Waals surface area contributed by atoms with Crippen LogP contribution in [0.25, 0.3) is 0 Å². The van der Waals surface area contributed by atoms with Gasteiger partial charge in [-0.1, -0.05) is 0 Å². The van der Waals surface area contributed by atoms with Crippen molar-refractivity contribution in [2.45, 2.75) is 89.5 Å². The molecular formula is C18H33NO4.